The van der Waals surface area contributed by atoms with Crippen LogP contribution >= 0.6 is 12.4 Å². The van der Waals surface area contributed by atoms with Crippen LogP contribution in [0.25, 0.3) is 0 Å². The van der Waals surface area contributed by atoms with Crippen molar-refractivity contribution in [3.05, 3.63) is 0 Å². The first kappa shape index (κ1) is 13.8. The maximum absolute atomic E-state index is 11.2. The van der Waals surface area contributed by atoms with Crippen molar-refractivity contribution in [3.63, 3.8) is 0 Å². The molecule has 100 valence electrons. The third-order valence-corrected chi connectivity index (χ3v) is 4.94. The normalized spacial score (nSPS) is 43.2. The Balaban J connectivity index is 0.00000120. The molecular formula is C13H20ClN3O. The number of carbonyl (C=O) groups is 1. The van der Waals surface area contributed by atoms with E-state index in [9.17, 15) is 10.1 Å². The van der Waals surface area contributed by atoms with Gasteiger partial charge in [0.05, 0.1) is 6.07 Å². The summed E-state index contributed by atoms with van der Waals surface area (Å²) in [6.45, 7) is 1.86. The van der Waals surface area contributed by atoms with Gasteiger partial charge >= 0.3 is 0 Å². The minimum atomic E-state index is -0.807. The molecule has 0 radical (unpaired) electrons. The molecule has 0 bridgehead atoms. The van der Waals surface area contributed by atoms with Gasteiger partial charge in [-0.1, -0.05) is 12.8 Å². The maximum atomic E-state index is 11.2. The summed E-state index contributed by atoms with van der Waals surface area (Å²) in [5.41, 5.74) is -0.807. The summed E-state index contributed by atoms with van der Waals surface area (Å²) >= 11 is 0. The molecule has 0 spiro atoms. The molecule has 0 aromatic rings. The standard InChI is InChI=1S/C13H19N3O.ClH/c14-8-13(9-17)5-6-16(13)12-7-15-11-4-2-1-3-10(11)12;/h9-12,15H,1-7H2;1H. The van der Waals surface area contributed by atoms with Crippen molar-refractivity contribution in [2.75, 3.05) is 13.1 Å². The smallest absolute Gasteiger partial charge is 0.166 e. The fraction of sp³-hybridized carbons (Fsp3) is 0.846. The summed E-state index contributed by atoms with van der Waals surface area (Å²) in [6, 6.07) is 3.24. The van der Waals surface area contributed by atoms with Crippen LogP contribution < -0.4 is 5.32 Å². The summed E-state index contributed by atoms with van der Waals surface area (Å²) in [5, 5.41) is 12.8. The molecule has 3 rings (SSSR count). The van der Waals surface area contributed by atoms with Crippen molar-refractivity contribution in [2.24, 2.45) is 5.92 Å². The average Bonchev–Trinajstić information content (AvgIpc) is 2.74. The van der Waals surface area contributed by atoms with Crippen LogP contribution in [0.1, 0.15) is 32.1 Å². The highest BCUT2D eigenvalue weighted by molar-refractivity contribution is 5.85. The summed E-state index contributed by atoms with van der Waals surface area (Å²) in [7, 11) is 0. The number of rotatable bonds is 2. The van der Waals surface area contributed by atoms with E-state index >= 15 is 0 Å². The van der Waals surface area contributed by atoms with E-state index in [1.54, 1.807) is 0 Å². The molecule has 0 aromatic heterocycles. The quantitative estimate of drug-likeness (QED) is 0.763. The number of likely N-dealkylation sites (tertiary alicyclic amines) is 1. The number of hydrogen-bond acceptors (Lipinski definition) is 4. The summed E-state index contributed by atoms with van der Waals surface area (Å²) in [6.07, 6.45) is 6.69. The Morgan fingerprint density at radius 3 is 2.78 bits per heavy atom. The lowest BCUT2D eigenvalue weighted by Crippen LogP contribution is -2.65. The zero-order chi connectivity index (χ0) is 11.9. The van der Waals surface area contributed by atoms with E-state index < -0.39 is 5.54 Å². The fourth-order valence-corrected chi connectivity index (χ4v) is 3.85. The number of halogens is 1. The van der Waals surface area contributed by atoms with E-state index in [0.717, 1.165) is 19.4 Å². The lowest BCUT2D eigenvalue weighted by Gasteiger charge is -2.49. The lowest BCUT2D eigenvalue weighted by molar-refractivity contribution is -0.125. The summed E-state index contributed by atoms with van der Waals surface area (Å²) < 4.78 is 0. The highest BCUT2D eigenvalue weighted by Gasteiger charge is 2.53. The summed E-state index contributed by atoms with van der Waals surface area (Å²) in [4.78, 5) is 13.3. The Morgan fingerprint density at radius 1 is 1.39 bits per heavy atom. The van der Waals surface area contributed by atoms with Crippen molar-refractivity contribution >= 4 is 18.7 Å². The van der Waals surface area contributed by atoms with E-state index in [0.29, 0.717) is 24.4 Å². The molecular weight excluding hydrogens is 250 g/mol. The van der Waals surface area contributed by atoms with Crippen LogP contribution in [0.5, 0.6) is 0 Å². The molecule has 0 aromatic carbocycles. The molecule has 18 heavy (non-hydrogen) atoms. The maximum Gasteiger partial charge on any atom is 0.166 e. The van der Waals surface area contributed by atoms with Gasteiger partial charge in [-0.15, -0.1) is 12.4 Å². The Kier molecular flexibility index (Phi) is 3.96. The molecule has 4 atom stereocenters. The monoisotopic (exact) mass is 269 g/mol. The van der Waals surface area contributed by atoms with Crippen LogP contribution in [0.3, 0.4) is 0 Å². The molecule has 1 saturated carbocycles. The van der Waals surface area contributed by atoms with E-state index in [2.05, 4.69) is 16.3 Å². The highest BCUT2D eigenvalue weighted by Crippen LogP contribution is 2.40. The SMILES string of the molecule is Cl.N#CC1(C=O)CCN1C1CNC2CCCCC21. The first-order valence-electron chi connectivity index (χ1n) is 6.68. The van der Waals surface area contributed by atoms with Gasteiger partial charge in [0.15, 0.2) is 11.8 Å². The molecule has 0 amide bonds. The van der Waals surface area contributed by atoms with Crippen molar-refractivity contribution in [3.8, 4) is 6.07 Å². The van der Waals surface area contributed by atoms with Gasteiger partial charge in [-0.05, 0) is 25.2 Å². The van der Waals surface area contributed by atoms with E-state index in [1.807, 2.05) is 0 Å². The van der Waals surface area contributed by atoms with Gasteiger partial charge in [-0.2, -0.15) is 5.26 Å². The Labute approximate surface area is 114 Å². The second-order valence-corrected chi connectivity index (χ2v) is 5.63. The Bertz CT molecular complexity index is 370. The molecule has 2 aliphatic heterocycles. The van der Waals surface area contributed by atoms with Crippen LogP contribution in [0.15, 0.2) is 0 Å². The number of hydrogen-bond donors (Lipinski definition) is 1. The third kappa shape index (κ3) is 1.85. The molecule has 4 unspecified atom stereocenters. The van der Waals surface area contributed by atoms with Gasteiger partial charge in [-0.3, -0.25) is 4.90 Å². The number of nitriles is 1. The number of carbonyl (C=O) groups excluding carboxylic acids is 1. The zero-order valence-electron chi connectivity index (χ0n) is 10.5. The van der Waals surface area contributed by atoms with E-state index in [4.69, 9.17) is 0 Å². The fourth-order valence-electron chi connectivity index (χ4n) is 3.85. The van der Waals surface area contributed by atoms with Gasteiger partial charge in [0.1, 0.15) is 0 Å². The third-order valence-electron chi connectivity index (χ3n) is 4.94. The topological polar surface area (TPSA) is 56.1 Å². The van der Waals surface area contributed by atoms with E-state index in [1.165, 1.54) is 25.7 Å². The van der Waals surface area contributed by atoms with Crippen molar-refractivity contribution in [1.82, 2.24) is 10.2 Å². The van der Waals surface area contributed by atoms with Gasteiger partial charge in [0.25, 0.3) is 0 Å². The molecule has 2 heterocycles. The van der Waals surface area contributed by atoms with Gasteiger partial charge in [-0.25, -0.2) is 0 Å². The van der Waals surface area contributed by atoms with Crippen LogP contribution in [-0.2, 0) is 4.79 Å². The predicted molar refractivity (Wildman–Crippen MR) is 70.5 cm³/mol. The number of aldehydes is 1. The second kappa shape index (κ2) is 5.16. The van der Waals surface area contributed by atoms with Crippen molar-refractivity contribution < 1.29 is 4.79 Å². The molecule has 3 aliphatic rings. The first-order chi connectivity index (χ1) is 8.30. The zero-order valence-corrected chi connectivity index (χ0v) is 11.3. The van der Waals surface area contributed by atoms with Gasteiger partial charge in [0.2, 0.25) is 0 Å². The van der Waals surface area contributed by atoms with Crippen LogP contribution in [0, 0.1) is 17.2 Å². The largest absolute Gasteiger partial charge is 0.312 e. The summed E-state index contributed by atoms with van der Waals surface area (Å²) in [5.74, 6) is 0.650. The average molecular weight is 270 g/mol. The number of fused-ring (bicyclic) bond motifs is 1. The molecule has 2 saturated heterocycles. The molecule has 1 N–H and O–H groups in total. The molecule has 1 aliphatic carbocycles. The number of nitrogens with zero attached hydrogens (tertiary/aromatic N) is 2. The van der Waals surface area contributed by atoms with E-state index in [-0.39, 0.29) is 12.4 Å². The van der Waals surface area contributed by atoms with Gasteiger partial charge in [0, 0.05) is 25.2 Å². The van der Waals surface area contributed by atoms with Crippen LogP contribution in [0.4, 0.5) is 0 Å². The van der Waals surface area contributed by atoms with Crippen LogP contribution in [0.2, 0.25) is 0 Å². The van der Waals surface area contributed by atoms with Crippen LogP contribution in [-0.4, -0.2) is 41.9 Å². The molecule has 4 nitrogen and oxygen atoms in total. The first-order valence-corrected chi connectivity index (χ1v) is 6.68. The number of nitrogens with one attached hydrogen (secondary N) is 1. The molecule has 5 heteroatoms. The minimum absolute atomic E-state index is 0. The Morgan fingerprint density at radius 2 is 2.17 bits per heavy atom. The Hall–Kier alpha value is -0.630. The second-order valence-electron chi connectivity index (χ2n) is 5.63. The minimum Gasteiger partial charge on any atom is -0.312 e. The van der Waals surface area contributed by atoms with Crippen molar-refractivity contribution in [1.29, 1.82) is 5.26 Å². The van der Waals surface area contributed by atoms with Crippen molar-refractivity contribution in [2.45, 2.75) is 49.7 Å². The lowest BCUT2D eigenvalue weighted by atomic mass is 9.78. The molecule has 3 fully saturated rings. The highest BCUT2D eigenvalue weighted by atomic mass is 35.5. The van der Waals surface area contributed by atoms with Gasteiger partial charge < -0.3 is 10.1 Å². The predicted octanol–water partition coefficient (Wildman–Crippen LogP) is 1.11.